The fourth-order valence-electron chi connectivity index (χ4n) is 3.12. The normalized spacial score (nSPS) is 11.9. The van der Waals surface area contributed by atoms with Gasteiger partial charge in [0.15, 0.2) is 0 Å². The van der Waals surface area contributed by atoms with Gasteiger partial charge in [0.05, 0.1) is 11.5 Å². The van der Waals surface area contributed by atoms with Crippen molar-refractivity contribution in [2.75, 3.05) is 20.2 Å². The van der Waals surface area contributed by atoms with E-state index in [-0.39, 0.29) is 18.3 Å². The Balaban J connectivity index is 2.16. The van der Waals surface area contributed by atoms with Crippen molar-refractivity contribution in [2.45, 2.75) is 46.4 Å². The van der Waals surface area contributed by atoms with Gasteiger partial charge in [-0.1, -0.05) is 6.07 Å². The molecule has 1 aromatic carbocycles. The third kappa shape index (κ3) is 4.57. The molecule has 0 saturated heterocycles. The third-order valence-electron chi connectivity index (χ3n) is 4.24. The number of methoxy groups -OCH3 is 1. The number of rotatable bonds is 8. The van der Waals surface area contributed by atoms with Crippen molar-refractivity contribution in [2.24, 2.45) is 0 Å². The second-order valence-corrected chi connectivity index (χ2v) is 7.69. The Kier molecular flexibility index (Phi) is 6.93. The zero-order valence-electron chi connectivity index (χ0n) is 15.6. The molecular formula is C19H27FN2O2S. The van der Waals surface area contributed by atoms with Crippen LogP contribution in [-0.2, 0) is 11.3 Å². The molecule has 0 radical (unpaired) electrons. The Morgan fingerprint density at radius 3 is 2.56 bits per heavy atom. The molecule has 4 nitrogen and oxygen atoms in total. The molecule has 0 fully saturated rings. The first-order valence-electron chi connectivity index (χ1n) is 8.59. The van der Waals surface area contributed by atoms with E-state index in [1.54, 1.807) is 13.2 Å². The summed E-state index contributed by atoms with van der Waals surface area (Å²) in [7, 11) is 1.55. The lowest BCUT2D eigenvalue weighted by Crippen LogP contribution is -2.42. The Labute approximate surface area is 153 Å². The number of benzene rings is 1. The lowest BCUT2D eigenvalue weighted by molar-refractivity contribution is 0.0939. The molecular weight excluding hydrogens is 339 g/mol. The molecule has 0 bridgehead atoms. The van der Waals surface area contributed by atoms with Crippen LogP contribution in [0, 0.1) is 5.82 Å². The number of fused-ring (bicyclic) bond motifs is 1. The van der Waals surface area contributed by atoms with Gasteiger partial charge in [0.2, 0.25) is 0 Å². The number of nitrogens with one attached hydrogen (secondary N) is 1. The zero-order valence-corrected chi connectivity index (χ0v) is 16.4. The van der Waals surface area contributed by atoms with Crippen LogP contribution in [0.2, 0.25) is 0 Å². The van der Waals surface area contributed by atoms with Gasteiger partial charge in [0.1, 0.15) is 5.82 Å². The zero-order chi connectivity index (χ0) is 18.6. The molecule has 0 spiro atoms. The maximum atomic E-state index is 14.2. The van der Waals surface area contributed by atoms with Gasteiger partial charge in [-0.05, 0) is 39.8 Å². The monoisotopic (exact) mass is 366 g/mol. The predicted molar refractivity (Wildman–Crippen MR) is 102 cm³/mol. The minimum atomic E-state index is -0.314. The van der Waals surface area contributed by atoms with E-state index in [1.807, 2.05) is 6.07 Å². The molecule has 1 heterocycles. The summed E-state index contributed by atoms with van der Waals surface area (Å²) in [6, 6.07) is 5.74. The Hall–Kier alpha value is -1.50. The van der Waals surface area contributed by atoms with Crippen LogP contribution in [0.15, 0.2) is 18.2 Å². The van der Waals surface area contributed by atoms with E-state index in [0.29, 0.717) is 34.5 Å². The van der Waals surface area contributed by atoms with Crippen LogP contribution in [0.4, 0.5) is 4.39 Å². The van der Waals surface area contributed by atoms with Crippen LogP contribution in [0.25, 0.3) is 10.1 Å². The van der Waals surface area contributed by atoms with Crippen LogP contribution in [0.1, 0.15) is 42.9 Å². The summed E-state index contributed by atoms with van der Waals surface area (Å²) in [6.45, 7) is 10.1. The highest BCUT2D eigenvalue weighted by atomic mass is 32.1. The lowest BCUT2D eigenvalue weighted by Gasteiger charge is -2.30. The van der Waals surface area contributed by atoms with Crippen LogP contribution in [0.5, 0.6) is 0 Å². The molecule has 0 unspecified atom stereocenters. The van der Waals surface area contributed by atoms with Crippen molar-refractivity contribution in [1.82, 2.24) is 10.2 Å². The smallest absolute Gasteiger partial charge is 0.261 e. The number of nitrogens with zero attached hydrogens (tertiary/aromatic N) is 1. The van der Waals surface area contributed by atoms with E-state index in [2.05, 4.69) is 37.9 Å². The molecule has 0 saturated carbocycles. The van der Waals surface area contributed by atoms with E-state index < -0.39 is 0 Å². The van der Waals surface area contributed by atoms with E-state index in [4.69, 9.17) is 4.74 Å². The Bertz CT molecular complexity index is 720. The van der Waals surface area contributed by atoms with Crippen molar-refractivity contribution < 1.29 is 13.9 Å². The Morgan fingerprint density at radius 1 is 1.28 bits per heavy atom. The number of carbonyl (C=O) groups is 1. The fourth-order valence-corrected chi connectivity index (χ4v) is 4.26. The van der Waals surface area contributed by atoms with E-state index in [1.165, 1.54) is 17.4 Å². The van der Waals surface area contributed by atoms with Gasteiger partial charge in [-0.3, -0.25) is 9.69 Å². The highest BCUT2D eigenvalue weighted by molar-refractivity contribution is 7.21. The first-order chi connectivity index (χ1) is 11.9. The summed E-state index contributed by atoms with van der Waals surface area (Å²) in [4.78, 5) is 15.5. The third-order valence-corrected chi connectivity index (χ3v) is 5.44. The van der Waals surface area contributed by atoms with Crippen molar-refractivity contribution in [1.29, 1.82) is 0 Å². The molecule has 2 aromatic rings. The molecule has 1 aromatic heterocycles. The largest absolute Gasteiger partial charge is 0.380 e. The number of hydrogen-bond acceptors (Lipinski definition) is 4. The predicted octanol–water partition coefficient (Wildman–Crippen LogP) is 4.04. The van der Waals surface area contributed by atoms with Crippen LogP contribution < -0.4 is 5.32 Å². The molecule has 2 rings (SSSR count). The van der Waals surface area contributed by atoms with Crippen molar-refractivity contribution in [3.05, 3.63) is 34.5 Å². The molecule has 1 amide bonds. The van der Waals surface area contributed by atoms with Gasteiger partial charge < -0.3 is 10.1 Å². The molecule has 25 heavy (non-hydrogen) atoms. The molecule has 0 atom stereocenters. The van der Waals surface area contributed by atoms with Crippen LogP contribution in [-0.4, -0.2) is 43.1 Å². The number of ether oxygens (including phenoxy) is 1. The molecule has 6 heteroatoms. The molecule has 0 aliphatic rings. The van der Waals surface area contributed by atoms with Gasteiger partial charge in [-0.2, -0.15) is 0 Å². The van der Waals surface area contributed by atoms with E-state index >= 15 is 0 Å². The number of halogens is 1. The van der Waals surface area contributed by atoms with E-state index in [9.17, 15) is 9.18 Å². The SMILES string of the molecule is COCc1c(C(=O)NCCN(C(C)C)C(C)C)sc2cccc(F)c12. The van der Waals surface area contributed by atoms with Crippen LogP contribution in [0.3, 0.4) is 0 Å². The molecule has 0 aliphatic carbocycles. The van der Waals surface area contributed by atoms with Crippen LogP contribution >= 0.6 is 11.3 Å². The minimum absolute atomic E-state index is 0.167. The highest BCUT2D eigenvalue weighted by Crippen LogP contribution is 2.33. The average molecular weight is 367 g/mol. The van der Waals surface area contributed by atoms with E-state index in [0.717, 1.165) is 11.2 Å². The summed E-state index contributed by atoms with van der Waals surface area (Å²) in [5.74, 6) is -0.481. The number of carbonyl (C=O) groups excluding carboxylic acids is 1. The summed E-state index contributed by atoms with van der Waals surface area (Å²) in [5.41, 5.74) is 0.627. The fraction of sp³-hybridized carbons (Fsp3) is 0.526. The van der Waals surface area contributed by atoms with Gasteiger partial charge in [0, 0.05) is 47.9 Å². The number of hydrogen-bond donors (Lipinski definition) is 1. The van der Waals surface area contributed by atoms with Gasteiger partial charge >= 0.3 is 0 Å². The standard InChI is InChI=1S/C19H27FN2O2S/c1-12(2)22(13(3)4)10-9-21-19(23)18-14(11-24-5)17-15(20)7-6-8-16(17)25-18/h6-8,12-13H,9-11H2,1-5H3,(H,21,23). The summed E-state index contributed by atoms with van der Waals surface area (Å²) in [6.07, 6.45) is 0. The summed E-state index contributed by atoms with van der Waals surface area (Å²) < 4.78 is 20.2. The summed E-state index contributed by atoms with van der Waals surface area (Å²) >= 11 is 1.31. The first kappa shape index (κ1) is 19.8. The van der Waals surface area contributed by atoms with Gasteiger partial charge in [-0.25, -0.2) is 4.39 Å². The van der Waals surface area contributed by atoms with Crippen molar-refractivity contribution in [3.63, 3.8) is 0 Å². The maximum Gasteiger partial charge on any atom is 0.261 e. The highest BCUT2D eigenvalue weighted by Gasteiger charge is 2.21. The molecule has 0 aliphatic heterocycles. The number of thiophene rings is 1. The van der Waals surface area contributed by atoms with Crippen molar-refractivity contribution >= 4 is 27.3 Å². The average Bonchev–Trinajstić information content (AvgIpc) is 2.91. The second-order valence-electron chi connectivity index (χ2n) is 6.64. The lowest BCUT2D eigenvalue weighted by atomic mass is 10.1. The second kappa shape index (κ2) is 8.74. The topological polar surface area (TPSA) is 41.6 Å². The maximum absolute atomic E-state index is 14.2. The minimum Gasteiger partial charge on any atom is -0.380 e. The molecule has 138 valence electrons. The van der Waals surface area contributed by atoms with Crippen molar-refractivity contribution in [3.8, 4) is 0 Å². The van der Waals surface area contributed by atoms with Gasteiger partial charge in [0.25, 0.3) is 5.91 Å². The Morgan fingerprint density at radius 2 is 1.96 bits per heavy atom. The summed E-state index contributed by atoms with van der Waals surface area (Å²) in [5, 5.41) is 3.46. The quantitative estimate of drug-likeness (QED) is 0.767. The van der Waals surface area contributed by atoms with Gasteiger partial charge in [-0.15, -0.1) is 11.3 Å². The molecule has 1 N–H and O–H groups in total. The first-order valence-corrected chi connectivity index (χ1v) is 9.41. The number of amides is 1.